The third-order valence-corrected chi connectivity index (χ3v) is 5.42. The van der Waals surface area contributed by atoms with Gasteiger partial charge >= 0.3 is 0 Å². The maximum absolute atomic E-state index is 13.0. The number of amides is 3. The number of hydrogen-bond acceptors (Lipinski definition) is 6. The number of aryl methyl sites for hydroxylation is 4. The molecule has 8 heteroatoms. The van der Waals surface area contributed by atoms with Crippen molar-refractivity contribution >= 4 is 29.1 Å². The predicted octanol–water partition coefficient (Wildman–Crippen LogP) is 2.85. The van der Waals surface area contributed by atoms with Gasteiger partial charge in [-0.1, -0.05) is 17.4 Å². The van der Waals surface area contributed by atoms with Gasteiger partial charge in [-0.25, -0.2) is 4.90 Å². The Hall–Kier alpha value is -3.55. The number of carbonyl (C=O) groups excluding carboxylic acids is 3. The van der Waals surface area contributed by atoms with Crippen molar-refractivity contribution < 1.29 is 14.4 Å². The number of nitrogens with one attached hydrogen (secondary N) is 1. The minimum absolute atomic E-state index is 0.169. The van der Waals surface area contributed by atoms with Crippen LogP contribution in [0.1, 0.15) is 22.3 Å². The molecule has 3 amide bonds. The number of nitrogens with zero attached hydrogens (tertiary/aromatic N) is 4. The molecule has 2 heterocycles. The number of fused-ring (bicyclic) bond motifs is 1. The molecule has 2 aromatic rings. The Labute approximate surface area is 174 Å². The molecule has 154 valence electrons. The van der Waals surface area contributed by atoms with Gasteiger partial charge in [-0.2, -0.15) is 5.11 Å². The Kier molecular flexibility index (Phi) is 4.85. The van der Waals surface area contributed by atoms with Crippen LogP contribution in [0.2, 0.25) is 0 Å². The first-order valence-electron chi connectivity index (χ1n) is 9.75. The Morgan fingerprint density at radius 2 is 1.67 bits per heavy atom. The zero-order valence-corrected chi connectivity index (χ0v) is 17.3. The van der Waals surface area contributed by atoms with Crippen LogP contribution in [0.25, 0.3) is 0 Å². The maximum Gasteiger partial charge on any atom is 0.263 e. The molecule has 1 N–H and O–H groups in total. The minimum atomic E-state index is -0.923. The normalized spacial score (nSPS) is 20.1. The molecule has 30 heavy (non-hydrogen) atoms. The molecule has 2 aliphatic heterocycles. The largest absolute Gasteiger partial charge is 0.324 e. The van der Waals surface area contributed by atoms with E-state index in [1.54, 1.807) is 12.1 Å². The van der Waals surface area contributed by atoms with E-state index < -0.39 is 23.9 Å². The van der Waals surface area contributed by atoms with E-state index in [1.165, 1.54) is 5.01 Å². The number of carbonyl (C=O) groups is 3. The van der Waals surface area contributed by atoms with Crippen LogP contribution in [0, 0.1) is 27.7 Å². The molecule has 1 saturated heterocycles. The molecule has 0 bridgehead atoms. The average molecular weight is 405 g/mol. The molecule has 0 aliphatic carbocycles. The highest BCUT2D eigenvalue weighted by Gasteiger charge is 2.55. The molecule has 8 nitrogen and oxygen atoms in total. The third kappa shape index (κ3) is 3.45. The van der Waals surface area contributed by atoms with Crippen LogP contribution in [0.5, 0.6) is 0 Å². The summed E-state index contributed by atoms with van der Waals surface area (Å²) in [6.07, 6.45) is 0. The molecule has 2 atom stereocenters. The second kappa shape index (κ2) is 7.37. The van der Waals surface area contributed by atoms with Crippen molar-refractivity contribution in [2.75, 3.05) is 16.8 Å². The van der Waals surface area contributed by atoms with Gasteiger partial charge in [0.25, 0.3) is 11.8 Å². The number of benzene rings is 2. The van der Waals surface area contributed by atoms with Gasteiger partial charge in [0.05, 0.1) is 5.69 Å². The maximum atomic E-state index is 13.0. The van der Waals surface area contributed by atoms with Crippen LogP contribution >= 0.6 is 0 Å². The quantitative estimate of drug-likeness (QED) is 0.792. The van der Waals surface area contributed by atoms with Crippen LogP contribution in [0.3, 0.4) is 0 Å². The molecular weight excluding hydrogens is 382 g/mol. The first-order valence-corrected chi connectivity index (χ1v) is 9.75. The van der Waals surface area contributed by atoms with Gasteiger partial charge in [0.1, 0.15) is 6.54 Å². The van der Waals surface area contributed by atoms with Gasteiger partial charge in [0.2, 0.25) is 5.91 Å². The minimum Gasteiger partial charge on any atom is -0.324 e. The number of rotatable bonds is 4. The Bertz CT molecular complexity index is 1070. The fourth-order valence-corrected chi connectivity index (χ4v) is 3.87. The van der Waals surface area contributed by atoms with Crippen LogP contribution in [-0.4, -0.2) is 41.4 Å². The first kappa shape index (κ1) is 19.8. The SMILES string of the molecule is Cc1cc(C)cc(NC(=O)CN2N=N[C@@H]3C(=O)N(c4ccc(C)c(C)c4)C(=O)[C@@H]32)c1. The van der Waals surface area contributed by atoms with E-state index in [0.717, 1.165) is 27.2 Å². The second-order valence-corrected chi connectivity index (χ2v) is 7.90. The van der Waals surface area contributed by atoms with E-state index in [4.69, 9.17) is 0 Å². The number of anilines is 2. The summed E-state index contributed by atoms with van der Waals surface area (Å²) in [5.41, 5.74) is 5.31. The van der Waals surface area contributed by atoms with Crippen molar-refractivity contribution in [3.05, 3.63) is 58.7 Å². The summed E-state index contributed by atoms with van der Waals surface area (Å²) in [5.74, 6) is -1.17. The van der Waals surface area contributed by atoms with Crippen LogP contribution in [-0.2, 0) is 14.4 Å². The van der Waals surface area contributed by atoms with Crippen molar-refractivity contribution in [1.29, 1.82) is 0 Å². The van der Waals surface area contributed by atoms with Crippen molar-refractivity contribution in [1.82, 2.24) is 5.01 Å². The Balaban J connectivity index is 1.50. The molecule has 0 aromatic heterocycles. The fourth-order valence-electron chi connectivity index (χ4n) is 3.87. The second-order valence-electron chi connectivity index (χ2n) is 7.90. The zero-order valence-electron chi connectivity index (χ0n) is 17.3. The van der Waals surface area contributed by atoms with Crippen molar-refractivity contribution in [2.24, 2.45) is 10.3 Å². The van der Waals surface area contributed by atoms with E-state index in [9.17, 15) is 14.4 Å². The van der Waals surface area contributed by atoms with Crippen LogP contribution in [0.15, 0.2) is 46.7 Å². The number of hydrogen-bond donors (Lipinski definition) is 1. The van der Waals surface area contributed by atoms with Crippen LogP contribution < -0.4 is 10.2 Å². The molecular formula is C22H23N5O3. The van der Waals surface area contributed by atoms with Gasteiger partial charge in [0.15, 0.2) is 12.1 Å². The summed E-state index contributed by atoms with van der Waals surface area (Å²) in [6, 6.07) is 9.34. The lowest BCUT2D eigenvalue weighted by Gasteiger charge is -2.20. The van der Waals surface area contributed by atoms with Gasteiger partial charge < -0.3 is 5.32 Å². The highest BCUT2D eigenvalue weighted by Crippen LogP contribution is 2.32. The average Bonchev–Trinajstić information content (AvgIpc) is 3.17. The zero-order chi connectivity index (χ0) is 21.6. The van der Waals surface area contributed by atoms with Gasteiger partial charge in [-0.3, -0.25) is 19.4 Å². The smallest absolute Gasteiger partial charge is 0.263 e. The van der Waals surface area contributed by atoms with Gasteiger partial charge in [0, 0.05) is 5.69 Å². The van der Waals surface area contributed by atoms with E-state index in [2.05, 4.69) is 15.7 Å². The molecule has 0 radical (unpaired) electrons. The van der Waals surface area contributed by atoms with Gasteiger partial charge in [-0.05, 0) is 74.2 Å². The lowest BCUT2D eigenvalue weighted by atomic mass is 10.1. The highest BCUT2D eigenvalue weighted by molar-refractivity contribution is 6.25. The predicted molar refractivity (Wildman–Crippen MR) is 112 cm³/mol. The summed E-state index contributed by atoms with van der Waals surface area (Å²) in [5, 5.41) is 12.0. The molecule has 4 rings (SSSR count). The molecule has 0 saturated carbocycles. The van der Waals surface area contributed by atoms with E-state index in [0.29, 0.717) is 11.4 Å². The summed E-state index contributed by atoms with van der Waals surface area (Å²) >= 11 is 0. The lowest BCUT2D eigenvalue weighted by Crippen LogP contribution is -2.43. The molecule has 1 fully saturated rings. The highest BCUT2D eigenvalue weighted by atomic mass is 16.2. The summed E-state index contributed by atoms with van der Waals surface area (Å²) < 4.78 is 0. The van der Waals surface area contributed by atoms with Gasteiger partial charge in [-0.15, -0.1) is 0 Å². The van der Waals surface area contributed by atoms with Crippen molar-refractivity contribution in [2.45, 2.75) is 39.8 Å². The summed E-state index contributed by atoms with van der Waals surface area (Å²) in [7, 11) is 0. The van der Waals surface area contributed by atoms with E-state index in [1.807, 2.05) is 52.0 Å². The third-order valence-electron chi connectivity index (χ3n) is 5.42. The monoisotopic (exact) mass is 405 g/mol. The Morgan fingerprint density at radius 1 is 0.967 bits per heavy atom. The topological polar surface area (TPSA) is 94.4 Å². The summed E-state index contributed by atoms with van der Waals surface area (Å²) in [6.45, 7) is 7.62. The molecule has 2 aliphatic rings. The first-order chi connectivity index (χ1) is 14.2. The summed E-state index contributed by atoms with van der Waals surface area (Å²) in [4.78, 5) is 39.5. The molecule has 2 aromatic carbocycles. The van der Waals surface area contributed by atoms with E-state index >= 15 is 0 Å². The van der Waals surface area contributed by atoms with Crippen LogP contribution in [0.4, 0.5) is 11.4 Å². The number of imide groups is 1. The van der Waals surface area contributed by atoms with E-state index in [-0.39, 0.29) is 12.5 Å². The van der Waals surface area contributed by atoms with Crippen molar-refractivity contribution in [3.8, 4) is 0 Å². The standard InChI is InChI=1S/C22H23N5O3/c1-12-7-13(2)9-16(8-12)23-18(28)11-26-20-19(24-25-26)21(29)27(22(20)30)17-6-5-14(3)15(4)10-17/h5-10,19-20H,11H2,1-4H3,(H,23,28)/t19-,20+/m0/s1. The Morgan fingerprint density at radius 3 is 2.33 bits per heavy atom. The molecule has 0 spiro atoms. The fraction of sp³-hybridized carbons (Fsp3) is 0.318. The lowest BCUT2D eigenvalue weighted by molar-refractivity contribution is -0.123. The van der Waals surface area contributed by atoms with Crippen molar-refractivity contribution in [3.63, 3.8) is 0 Å². The molecule has 0 unspecified atom stereocenters.